The van der Waals surface area contributed by atoms with Gasteiger partial charge in [-0.15, -0.1) is 0 Å². The zero-order valence-corrected chi connectivity index (χ0v) is 15.4. The molecule has 0 bridgehead atoms. The number of benzene rings is 1. The first-order chi connectivity index (χ1) is 11.7. The molecule has 9 heteroatoms. The lowest BCUT2D eigenvalue weighted by Crippen LogP contribution is -2.59. The van der Waals surface area contributed by atoms with E-state index in [9.17, 15) is 14.8 Å². The number of ether oxygens (including phenoxy) is 1. The van der Waals surface area contributed by atoms with Crippen LogP contribution in [0.25, 0.3) is 0 Å². The van der Waals surface area contributed by atoms with E-state index in [-0.39, 0.29) is 17.3 Å². The van der Waals surface area contributed by atoms with E-state index in [1.54, 1.807) is 0 Å². The third-order valence-electron chi connectivity index (χ3n) is 4.42. The highest BCUT2D eigenvalue weighted by molar-refractivity contribution is 6.34. The van der Waals surface area contributed by atoms with Crippen LogP contribution in [-0.4, -0.2) is 80.5 Å². The number of rotatable bonds is 4. The van der Waals surface area contributed by atoms with Gasteiger partial charge in [0.2, 0.25) is 0 Å². The first kappa shape index (κ1) is 19.5. The van der Waals surface area contributed by atoms with Crippen molar-refractivity contribution < 1.29 is 24.0 Å². The van der Waals surface area contributed by atoms with Gasteiger partial charge in [-0.3, -0.25) is 20.2 Å². The van der Waals surface area contributed by atoms with Crippen LogP contribution in [0.2, 0.25) is 5.02 Å². The van der Waals surface area contributed by atoms with Gasteiger partial charge in [0.1, 0.15) is 0 Å². The third-order valence-corrected chi connectivity index (χ3v) is 4.73. The monoisotopic (exact) mass is 371 g/mol. The average Bonchev–Trinajstić information content (AvgIpc) is 2.58. The van der Waals surface area contributed by atoms with Gasteiger partial charge in [0, 0.05) is 13.1 Å². The molecule has 0 aromatic heterocycles. The third kappa shape index (κ3) is 5.05. The van der Waals surface area contributed by atoms with Crippen molar-refractivity contribution in [3.05, 3.63) is 23.2 Å². The molecule has 0 radical (unpaired) electrons. The molecule has 25 heavy (non-hydrogen) atoms. The Labute approximate surface area is 152 Å². The fourth-order valence-electron chi connectivity index (χ4n) is 2.64. The maximum Gasteiger partial charge on any atom is 0.411 e. The van der Waals surface area contributed by atoms with Crippen LogP contribution < -0.4 is 10.4 Å². The Bertz CT molecular complexity index is 647. The highest BCUT2D eigenvalue weighted by Gasteiger charge is 2.32. The number of amides is 2. The minimum Gasteiger partial charge on any atom is -0.453 e. The zero-order valence-electron chi connectivity index (χ0n) is 14.7. The van der Waals surface area contributed by atoms with Gasteiger partial charge in [-0.1, -0.05) is 11.6 Å². The predicted octanol–water partition coefficient (Wildman–Crippen LogP) is 1.63. The largest absolute Gasteiger partial charge is 0.453 e. The van der Waals surface area contributed by atoms with Crippen LogP contribution in [-0.2, 0) is 9.53 Å². The molecule has 1 saturated heterocycles. The summed E-state index contributed by atoms with van der Waals surface area (Å²) in [6.45, 7) is 3.71. The van der Waals surface area contributed by atoms with E-state index < -0.39 is 12.0 Å². The van der Waals surface area contributed by atoms with Crippen molar-refractivity contribution in [3.8, 4) is 0 Å². The van der Waals surface area contributed by atoms with Crippen molar-refractivity contribution in [1.82, 2.24) is 4.90 Å². The van der Waals surface area contributed by atoms with E-state index in [1.165, 1.54) is 25.3 Å². The summed E-state index contributed by atoms with van der Waals surface area (Å²) in [6, 6.07) is 4.41. The molecule has 0 unspecified atom stereocenters. The zero-order chi connectivity index (χ0) is 18.6. The van der Waals surface area contributed by atoms with Crippen molar-refractivity contribution in [2.75, 3.05) is 64.3 Å². The van der Waals surface area contributed by atoms with Crippen LogP contribution in [0.15, 0.2) is 18.2 Å². The summed E-state index contributed by atoms with van der Waals surface area (Å²) < 4.78 is 5.08. The highest BCUT2D eigenvalue weighted by atomic mass is 35.5. The van der Waals surface area contributed by atoms with Crippen LogP contribution in [0, 0.1) is 0 Å². The molecule has 138 valence electrons. The van der Waals surface area contributed by atoms with E-state index in [4.69, 9.17) is 11.6 Å². The first-order valence-electron chi connectivity index (χ1n) is 7.92. The van der Waals surface area contributed by atoms with Gasteiger partial charge >= 0.3 is 12.0 Å². The molecule has 0 aliphatic carbocycles. The quantitative estimate of drug-likeness (QED) is 0.477. The van der Waals surface area contributed by atoms with E-state index in [1.807, 2.05) is 7.05 Å². The molecule has 1 fully saturated rings. The maximum atomic E-state index is 12.4. The summed E-state index contributed by atoms with van der Waals surface area (Å²) in [5, 5.41) is 13.5. The second-order valence-corrected chi connectivity index (χ2v) is 6.92. The number of hydroxylamine groups is 1. The number of likely N-dealkylation sites (N-methyl/N-ethyl adjacent to an activating group) is 2. The highest BCUT2D eigenvalue weighted by Crippen LogP contribution is 2.27. The molecule has 0 saturated carbocycles. The summed E-state index contributed by atoms with van der Waals surface area (Å²) in [7, 11) is 5.30. The smallest absolute Gasteiger partial charge is 0.411 e. The standard InChI is InChI=1S/C16H23ClN4O4/c1-19-6-8-21(2,9-7-19)11-15(22)20(24)12-4-5-14(13(17)10-12)18-16(23)25-3/h4-5,10,24H,6-9,11H2,1-3H3/p+1. The molecule has 1 aliphatic heterocycles. The van der Waals surface area contributed by atoms with Gasteiger partial charge in [-0.25, -0.2) is 4.79 Å². The Morgan fingerprint density at radius 1 is 1.40 bits per heavy atom. The maximum absolute atomic E-state index is 12.4. The Morgan fingerprint density at radius 3 is 2.60 bits per heavy atom. The minimum absolute atomic E-state index is 0.190. The number of carbonyl (C=O) groups excluding carboxylic acids is 2. The number of carbonyl (C=O) groups is 2. The van der Waals surface area contributed by atoms with Crippen molar-refractivity contribution in [2.45, 2.75) is 0 Å². The van der Waals surface area contributed by atoms with Crippen LogP contribution in [0.1, 0.15) is 0 Å². The second kappa shape index (κ2) is 8.01. The molecule has 2 N–H and O–H groups in total. The Kier molecular flexibility index (Phi) is 6.23. The van der Waals surface area contributed by atoms with E-state index in [2.05, 4.69) is 22.0 Å². The number of anilines is 2. The molecule has 0 spiro atoms. The lowest BCUT2D eigenvalue weighted by Gasteiger charge is -2.40. The summed E-state index contributed by atoms with van der Waals surface area (Å²) in [6.07, 6.45) is -0.654. The van der Waals surface area contributed by atoms with Gasteiger partial charge in [-0.2, -0.15) is 5.06 Å². The molecular weight excluding hydrogens is 348 g/mol. The lowest BCUT2D eigenvalue weighted by molar-refractivity contribution is -0.906. The number of methoxy groups -OCH3 is 1. The van der Waals surface area contributed by atoms with Gasteiger partial charge < -0.3 is 9.22 Å². The first-order valence-corrected chi connectivity index (χ1v) is 8.30. The molecule has 1 aliphatic rings. The summed E-state index contributed by atoms with van der Waals surface area (Å²) in [5.41, 5.74) is 0.572. The van der Waals surface area contributed by atoms with Gasteiger partial charge in [-0.05, 0) is 25.2 Å². The second-order valence-electron chi connectivity index (χ2n) is 6.51. The molecule has 8 nitrogen and oxygen atoms in total. The summed E-state index contributed by atoms with van der Waals surface area (Å²) in [4.78, 5) is 25.9. The van der Waals surface area contributed by atoms with Crippen molar-refractivity contribution in [3.63, 3.8) is 0 Å². The SMILES string of the molecule is COC(=O)Nc1ccc(N(O)C(=O)C[N+]2(C)CCN(C)CC2)cc1Cl. The molecule has 1 aromatic rings. The fourth-order valence-corrected chi connectivity index (χ4v) is 2.86. The number of hydrogen-bond acceptors (Lipinski definition) is 5. The van der Waals surface area contributed by atoms with Crippen LogP contribution in [0.5, 0.6) is 0 Å². The Balaban J connectivity index is 2.04. The fraction of sp³-hybridized carbons (Fsp3) is 0.500. The normalized spacial score (nSPS) is 17.0. The van der Waals surface area contributed by atoms with E-state index in [0.29, 0.717) is 15.2 Å². The van der Waals surface area contributed by atoms with Crippen molar-refractivity contribution in [2.24, 2.45) is 0 Å². The number of hydrogen-bond donors (Lipinski definition) is 2. The molecule has 2 amide bonds. The van der Waals surface area contributed by atoms with E-state index >= 15 is 0 Å². The van der Waals surface area contributed by atoms with Crippen molar-refractivity contribution >= 4 is 35.0 Å². The van der Waals surface area contributed by atoms with Crippen molar-refractivity contribution in [1.29, 1.82) is 0 Å². The van der Waals surface area contributed by atoms with Crippen LogP contribution in [0.4, 0.5) is 16.2 Å². The number of halogens is 1. The van der Waals surface area contributed by atoms with Gasteiger partial charge in [0.05, 0.1) is 43.6 Å². The topological polar surface area (TPSA) is 82.1 Å². The number of piperazine rings is 1. The van der Waals surface area contributed by atoms with Gasteiger partial charge in [0.15, 0.2) is 6.54 Å². The van der Waals surface area contributed by atoms with Crippen LogP contribution >= 0.6 is 11.6 Å². The summed E-state index contributed by atoms with van der Waals surface area (Å²) in [5.74, 6) is -0.406. The molecule has 1 heterocycles. The summed E-state index contributed by atoms with van der Waals surface area (Å²) >= 11 is 6.09. The average molecular weight is 372 g/mol. The molecular formula is C16H24ClN4O4+. The molecule has 0 atom stereocenters. The minimum atomic E-state index is -0.654. The van der Waals surface area contributed by atoms with Crippen LogP contribution in [0.3, 0.4) is 0 Å². The Morgan fingerprint density at radius 2 is 2.04 bits per heavy atom. The molecule has 1 aromatic carbocycles. The Hall–Kier alpha value is -1.87. The van der Waals surface area contributed by atoms with E-state index in [0.717, 1.165) is 26.2 Å². The number of quaternary nitrogens is 1. The number of nitrogens with zero attached hydrogens (tertiary/aromatic N) is 3. The number of nitrogens with one attached hydrogen (secondary N) is 1. The molecule has 2 rings (SSSR count). The predicted molar refractivity (Wildman–Crippen MR) is 95.0 cm³/mol. The lowest BCUT2D eigenvalue weighted by atomic mass is 10.2. The van der Waals surface area contributed by atoms with Gasteiger partial charge in [0.25, 0.3) is 0 Å².